The summed E-state index contributed by atoms with van der Waals surface area (Å²) in [6.07, 6.45) is 1.63. The second-order valence-electron chi connectivity index (χ2n) is 6.34. The van der Waals surface area contributed by atoms with Gasteiger partial charge in [-0.25, -0.2) is 9.97 Å². The molecule has 27 heavy (non-hydrogen) atoms. The second-order valence-corrected chi connectivity index (χ2v) is 6.34. The van der Waals surface area contributed by atoms with Crippen LogP contribution in [0.15, 0.2) is 42.6 Å². The smallest absolute Gasteiger partial charge is 0.257 e. The van der Waals surface area contributed by atoms with Gasteiger partial charge in [0.15, 0.2) is 5.65 Å². The van der Waals surface area contributed by atoms with Crippen molar-refractivity contribution in [2.24, 2.45) is 0 Å². The molecule has 0 spiro atoms. The van der Waals surface area contributed by atoms with E-state index < -0.39 is 0 Å². The molecule has 0 bridgehead atoms. The number of nitrogens with zero attached hydrogens (tertiary/aromatic N) is 3. The molecule has 5 nitrogen and oxygen atoms in total. The van der Waals surface area contributed by atoms with E-state index in [-0.39, 0.29) is 18.3 Å². The van der Waals surface area contributed by atoms with E-state index in [1.54, 1.807) is 11.1 Å². The van der Waals surface area contributed by atoms with Crippen LogP contribution in [-0.4, -0.2) is 33.9 Å². The maximum atomic E-state index is 13.0. The Hall–Kier alpha value is -2.66. The molecule has 0 aliphatic carbocycles. The van der Waals surface area contributed by atoms with Gasteiger partial charge >= 0.3 is 0 Å². The van der Waals surface area contributed by atoms with Gasteiger partial charge in [0, 0.05) is 36.1 Å². The maximum absolute atomic E-state index is 13.0. The summed E-state index contributed by atoms with van der Waals surface area (Å²) in [5.74, 6) is -0.0282. The Morgan fingerprint density at radius 3 is 2.33 bits per heavy atom. The number of carbonyl (C=O) groups excluding carboxylic acids is 1. The predicted octanol–water partition coefficient (Wildman–Crippen LogP) is 4.89. The molecule has 0 fully saturated rings. The summed E-state index contributed by atoms with van der Waals surface area (Å²) >= 11 is 0. The van der Waals surface area contributed by atoms with Crippen molar-refractivity contribution in [3.05, 3.63) is 59.4 Å². The largest absolute Gasteiger partial charge is 0.354 e. The minimum atomic E-state index is -0.0282. The number of pyridine rings is 2. The van der Waals surface area contributed by atoms with Crippen LogP contribution in [0.4, 0.5) is 11.4 Å². The lowest BCUT2D eigenvalue weighted by atomic mass is 10.1. The molecule has 0 aliphatic heterocycles. The number of halogens is 1. The summed E-state index contributed by atoms with van der Waals surface area (Å²) in [7, 11) is 0. The third-order valence-corrected chi connectivity index (χ3v) is 4.47. The zero-order chi connectivity index (χ0) is 18.7. The molecule has 6 heteroatoms. The average molecular weight is 385 g/mol. The number of hydrogen-bond acceptors (Lipinski definition) is 4. The van der Waals surface area contributed by atoms with Crippen LogP contribution in [0.1, 0.15) is 35.5 Å². The Morgan fingerprint density at radius 1 is 1.04 bits per heavy atom. The number of benzene rings is 1. The van der Waals surface area contributed by atoms with E-state index in [4.69, 9.17) is 0 Å². The van der Waals surface area contributed by atoms with E-state index in [0.29, 0.717) is 24.3 Å². The summed E-state index contributed by atoms with van der Waals surface area (Å²) in [6.45, 7) is 9.26. The Kier molecular flexibility index (Phi) is 6.75. The van der Waals surface area contributed by atoms with Gasteiger partial charge in [-0.3, -0.25) is 4.79 Å². The highest BCUT2D eigenvalue weighted by Gasteiger charge is 2.20. The van der Waals surface area contributed by atoms with Crippen molar-refractivity contribution in [3.63, 3.8) is 0 Å². The van der Waals surface area contributed by atoms with E-state index in [0.717, 1.165) is 22.5 Å². The number of fused-ring (bicyclic) bond motifs is 1. The zero-order valence-electron chi connectivity index (χ0n) is 16.1. The van der Waals surface area contributed by atoms with Gasteiger partial charge in [-0.1, -0.05) is 17.7 Å². The Labute approximate surface area is 166 Å². The fraction of sp³-hybridized carbons (Fsp3) is 0.286. The normalized spacial score (nSPS) is 10.4. The first-order valence-electron chi connectivity index (χ1n) is 8.92. The first-order valence-corrected chi connectivity index (χ1v) is 8.92. The first kappa shape index (κ1) is 20.6. The van der Waals surface area contributed by atoms with Gasteiger partial charge in [-0.05, 0) is 52.0 Å². The summed E-state index contributed by atoms with van der Waals surface area (Å²) in [5.41, 5.74) is 4.96. The van der Waals surface area contributed by atoms with Crippen molar-refractivity contribution in [2.75, 3.05) is 18.4 Å². The van der Waals surface area contributed by atoms with Crippen molar-refractivity contribution < 1.29 is 4.79 Å². The number of rotatable bonds is 5. The molecule has 2 heterocycles. The molecule has 2 aromatic heterocycles. The average Bonchev–Trinajstić information content (AvgIpc) is 2.64. The van der Waals surface area contributed by atoms with Crippen molar-refractivity contribution in [1.82, 2.24) is 14.9 Å². The number of carbonyl (C=O) groups is 1. The van der Waals surface area contributed by atoms with Crippen LogP contribution < -0.4 is 5.32 Å². The van der Waals surface area contributed by atoms with E-state index in [1.807, 2.05) is 64.1 Å². The highest BCUT2D eigenvalue weighted by atomic mass is 35.5. The van der Waals surface area contributed by atoms with Crippen molar-refractivity contribution in [1.29, 1.82) is 0 Å². The standard InChI is InChI=1S/C21H24N4O.ClH/c1-5-25(6-2)21(26)18-13-22-20-17(12-9-15(4)23-20)19(18)24-16-10-7-14(3)8-11-16;/h7-13H,5-6H2,1-4H3,(H,22,23,24);1H. The van der Waals surface area contributed by atoms with Crippen LogP contribution in [0.25, 0.3) is 11.0 Å². The van der Waals surface area contributed by atoms with Crippen LogP contribution >= 0.6 is 12.4 Å². The summed E-state index contributed by atoms with van der Waals surface area (Å²) in [6, 6.07) is 12.0. The Bertz CT molecular complexity index is 937. The lowest BCUT2D eigenvalue weighted by Crippen LogP contribution is -2.31. The first-order chi connectivity index (χ1) is 12.5. The number of aryl methyl sites for hydroxylation is 2. The van der Waals surface area contributed by atoms with E-state index in [2.05, 4.69) is 15.3 Å². The highest BCUT2D eigenvalue weighted by molar-refractivity contribution is 6.07. The number of nitrogens with one attached hydrogen (secondary N) is 1. The van der Waals surface area contributed by atoms with E-state index in [1.165, 1.54) is 5.56 Å². The van der Waals surface area contributed by atoms with E-state index in [9.17, 15) is 4.79 Å². The molecular weight excluding hydrogens is 360 g/mol. The minimum Gasteiger partial charge on any atom is -0.354 e. The number of hydrogen-bond donors (Lipinski definition) is 1. The molecule has 0 saturated heterocycles. The van der Waals surface area contributed by atoms with Gasteiger partial charge in [-0.15, -0.1) is 12.4 Å². The van der Waals surface area contributed by atoms with Gasteiger partial charge in [0.25, 0.3) is 5.91 Å². The van der Waals surface area contributed by atoms with E-state index >= 15 is 0 Å². The highest BCUT2D eigenvalue weighted by Crippen LogP contribution is 2.29. The fourth-order valence-corrected chi connectivity index (χ4v) is 2.93. The summed E-state index contributed by atoms with van der Waals surface area (Å²) in [5, 5.41) is 4.26. The third kappa shape index (κ3) is 4.37. The molecule has 0 atom stereocenters. The fourth-order valence-electron chi connectivity index (χ4n) is 2.93. The molecule has 1 N–H and O–H groups in total. The van der Waals surface area contributed by atoms with Crippen molar-refractivity contribution in [3.8, 4) is 0 Å². The maximum Gasteiger partial charge on any atom is 0.257 e. The predicted molar refractivity (Wildman–Crippen MR) is 113 cm³/mol. The minimum absolute atomic E-state index is 0. The van der Waals surface area contributed by atoms with Crippen LogP contribution in [0.3, 0.4) is 0 Å². The molecule has 0 aliphatic rings. The lowest BCUT2D eigenvalue weighted by Gasteiger charge is -2.21. The number of anilines is 2. The van der Waals surface area contributed by atoms with Crippen molar-refractivity contribution >= 4 is 40.7 Å². The van der Waals surface area contributed by atoms with Crippen LogP contribution in [-0.2, 0) is 0 Å². The topological polar surface area (TPSA) is 58.1 Å². The van der Waals surface area contributed by atoms with Gasteiger partial charge in [0.05, 0.1) is 11.3 Å². The van der Waals surface area contributed by atoms with Gasteiger partial charge in [0.2, 0.25) is 0 Å². The Balaban J connectivity index is 0.00000261. The monoisotopic (exact) mass is 384 g/mol. The number of amides is 1. The molecule has 1 amide bonds. The third-order valence-electron chi connectivity index (χ3n) is 4.47. The number of aromatic nitrogens is 2. The Morgan fingerprint density at radius 2 is 1.70 bits per heavy atom. The van der Waals surface area contributed by atoms with Crippen LogP contribution in [0, 0.1) is 13.8 Å². The SMILES string of the molecule is CCN(CC)C(=O)c1cnc2nc(C)ccc2c1Nc1ccc(C)cc1.Cl. The van der Waals surface area contributed by atoms with Crippen LogP contribution in [0.2, 0.25) is 0 Å². The molecular formula is C21H25ClN4O. The van der Waals surface area contributed by atoms with Crippen LogP contribution in [0.5, 0.6) is 0 Å². The molecule has 3 rings (SSSR count). The van der Waals surface area contributed by atoms with Gasteiger partial charge in [0.1, 0.15) is 0 Å². The molecule has 1 aromatic carbocycles. The van der Waals surface area contributed by atoms with Gasteiger partial charge < -0.3 is 10.2 Å². The molecule has 0 saturated carbocycles. The summed E-state index contributed by atoms with van der Waals surface area (Å²) < 4.78 is 0. The lowest BCUT2D eigenvalue weighted by molar-refractivity contribution is 0.0774. The molecule has 0 unspecified atom stereocenters. The molecule has 0 radical (unpaired) electrons. The zero-order valence-corrected chi connectivity index (χ0v) is 16.9. The molecule has 3 aromatic rings. The summed E-state index contributed by atoms with van der Waals surface area (Å²) in [4.78, 5) is 23.7. The molecule has 142 valence electrons. The van der Waals surface area contributed by atoms with Crippen molar-refractivity contribution in [2.45, 2.75) is 27.7 Å². The van der Waals surface area contributed by atoms with Gasteiger partial charge in [-0.2, -0.15) is 0 Å². The quantitative estimate of drug-likeness (QED) is 0.680. The second kappa shape index (κ2) is 8.82.